The minimum Gasteiger partial charge on any atom is -0.455 e. The first-order valence-electron chi connectivity index (χ1n) is 14.9. The van der Waals surface area contributed by atoms with E-state index in [9.17, 15) is 0 Å². The van der Waals surface area contributed by atoms with E-state index >= 15 is 0 Å². The summed E-state index contributed by atoms with van der Waals surface area (Å²) in [7, 11) is 0. The van der Waals surface area contributed by atoms with Crippen molar-refractivity contribution >= 4 is 54.9 Å². The number of benzene rings is 6. The van der Waals surface area contributed by atoms with E-state index in [1.165, 1.54) is 5.56 Å². The Morgan fingerprint density at radius 3 is 2.02 bits per heavy atom. The summed E-state index contributed by atoms with van der Waals surface area (Å²) < 4.78 is 7.67. The van der Waals surface area contributed by atoms with Crippen molar-refractivity contribution in [1.29, 1.82) is 0 Å². The molecule has 6 aromatic carbocycles. The Morgan fingerprint density at radius 2 is 1.29 bits per heavy atom. The molecule has 0 N–H and O–H groups in total. The van der Waals surface area contributed by atoms with Crippen molar-refractivity contribution < 1.29 is 4.42 Å². The second-order valence-corrected chi connectivity index (χ2v) is 12.0. The lowest BCUT2D eigenvalue weighted by Crippen LogP contribution is -2.00. The summed E-state index contributed by atoms with van der Waals surface area (Å²) in [5.41, 5.74) is 11.9. The maximum atomic E-state index is 6.69. The Morgan fingerprint density at radius 1 is 0.667 bits per heavy atom. The van der Waals surface area contributed by atoms with E-state index in [0.29, 0.717) is 5.70 Å². The van der Waals surface area contributed by atoms with Gasteiger partial charge in [0.05, 0.1) is 11.4 Å². The van der Waals surface area contributed by atoms with E-state index in [-0.39, 0.29) is 0 Å². The predicted octanol–water partition coefficient (Wildman–Crippen LogP) is 12.2. The number of hydrogen-bond donors (Lipinski definition) is 0. The molecule has 0 amide bonds. The van der Waals surface area contributed by atoms with Crippen LogP contribution in [0.1, 0.15) is 23.6 Å². The SMILES string of the molecule is C=C(/N=C(\C=C(/C)c1ccccc1)c1cccc2oc3c(-c4cccc(-c5ccccc5)c4)cc(Br)cc3c12)c1ccccc1. The summed E-state index contributed by atoms with van der Waals surface area (Å²) in [4.78, 5) is 5.16. The van der Waals surface area contributed by atoms with Gasteiger partial charge in [0.15, 0.2) is 0 Å². The maximum absolute atomic E-state index is 6.69. The minimum atomic E-state index is 0.701. The van der Waals surface area contributed by atoms with E-state index in [0.717, 1.165) is 71.1 Å². The summed E-state index contributed by atoms with van der Waals surface area (Å²) in [6.07, 6.45) is 2.15. The van der Waals surface area contributed by atoms with Crippen LogP contribution in [-0.2, 0) is 0 Å². The van der Waals surface area contributed by atoms with Gasteiger partial charge in [-0.3, -0.25) is 0 Å². The van der Waals surface area contributed by atoms with Crippen molar-refractivity contribution in [2.45, 2.75) is 6.92 Å². The highest BCUT2D eigenvalue weighted by molar-refractivity contribution is 9.10. The first-order chi connectivity index (χ1) is 22.0. The number of hydrogen-bond acceptors (Lipinski definition) is 2. The molecule has 1 aromatic heterocycles. The number of halogens is 1. The average Bonchev–Trinajstić information content (AvgIpc) is 3.47. The van der Waals surface area contributed by atoms with Crippen LogP contribution in [0.15, 0.2) is 172 Å². The molecular weight excluding hydrogens is 614 g/mol. The van der Waals surface area contributed by atoms with Crippen LogP contribution in [0.4, 0.5) is 0 Å². The van der Waals surface area contributed by atoms with Gasteiger partial charge in [-0.15, -0.1) is 0 Å². The highest BCUT2D eigenvalue weighted by Gasteiger charge is 2.19. The molecule has 0 fully saturated rings. The molecule has 0 atom stereocenters. The normalized spacial score (nSPS) is 12.1. The second kappa shape index (κ2) is 12.4. The smallest absolute Gasteiger partial charge is 0.143 e. The Hall–Kier alpha value is -5.25. The number of aliphatic imine (C=N–C) groups is 1. The Balaban J connectivity index is 1.44. The molecule has 0 radical (unpaired) electrons. The van der Waals surface area contributed by atoms with Crippen LogP contribution in [0.2, 0.25) is 0 Å². The van der Waals surface area contributed by atoms with Gasteiger partial charge in [-0.05, 0) is 70.7 Å². The average molecular weight is 645 g/mol. The van der Waals surface area contributed by atoms with E-state index in [2.05, 4.69) is 127 Å². The summed E-state index contributed by atoms with van der Waals surface area (Å²) in [6.45, 7) is 6.48. The van der Waals surface area contributed by atoms with Crippen molar-refractivity contribution in [1.82, 2.24) is 0 Å². The molecule has 7 aromatic rings. The van der Waals surface area contributed by atoms with Gasteiger partial charge in [0.2, 0.25) is 0 Å². The molecule has 0 unspecified atom stereocenters. The lowest BCUT2D eigenvalue weighted by Gasteiger charge is -2.10. The number of nitrogens with zero attached hydrogens (tertiary/aromatic N) is 1. The first-order valence-corrected chi connectivity index (χ1v) is 15.7. The molecule has 0 spiro atoms. The van der Waals surface area contributed by atoms with Gasteiger partial charge in [-0.2, -0.15) is 0 Å². The lowest BCUT2D eigenvalue weighted by molar-refractivity contribution is 0.670. The van der Waals surface area contributed by atoms with Crippen LogP contribution in [0.25, 0.3) is 55.5 Å². The third kappa shape index (κ3) is 5.83. The zero-order valence-corrected chi connectivity index (χ0v) is 26.5. The highest BCUT2D eigenvalue weighted by atomic mass is 79.9. The molecule has 45 heavy (non-hydrogen) atoms. The van der Waals surface area contributed by atoms with E-state index in [1.807, 2.05) is 54.6 Å². The van der Waals surface area contributed by atoms with Crippen molar-refractivity contribution in [3.8, 4) is 22.3 Å². The van der Waals surface area contributed by atoms with Crippen molar-refractivity contribution in [3.63, 3.8) is 0 Å². The molecule has 3 heteroatoms. The van der Waals surface area contributed by atoms with Crippen molar-refractivity contribution in [2.24, 2.45) is 4.99 Å². The summed E-state index contributed by atoms with van der Waals surface area (Å²) in [5.74, 6) is 0. The summed E-state index contributed by atoms with van der Waals surface area (Å²) in [5, 5.41) is 2.05. The van der Waals surface area contributed by atoms with Gasteiger partial charge >= 0.3 is 0 Å². The quantitative estimate of drug-likeness (QED) is 0.159. The fourth-order valence-corrected chi connectivity index (χ4v) is 6.28. The van der Waals surface area contributed by atoms with Crippen LogP contribution in [0.5, 0.6) is 0 Å². The largest absolute Gasteiger partial charge is 0.455 e. The number of fused-ring (bicyclic) bond motifs is 3. The zero-order chi connectivity index (χ0) is 30.8. The van der Waals surface area contributed by atoms with Crippen LogP contribution in [-0.4, -0.2) is 5.71 Å². The monoisotopic (exact) mass is 643 g/mol. The summed E-state index contributed by atoms with van der Waals surface area (Å²) >= 11 is 3.82. The van der Waals surface area contributed by atoms with Gasteiger partial charge in [-0.25, -0.2) is 4.99 Å². The Labute approximate surface area is 271 Å². The van der Waals surface area contributed by atoms with Gasteiger partial charge in [0.25, 0.3) is 0 Å². The van der Waals surface area contributed by atoms with Gasteiger partial charge in [0, 0.05) is 26.4 Å². The fourth-order valence-electron chi connectivity index (χ4n) is 5.82. The molecule has 0 aliphatic carbocycles. The topological polar surface area (TPSA) is 25.5 Å². The molecule has 2 nitrogen and oxygen atoms in total. The van der Waals surface area contributed by atoms with Crippen LogP contribution >= 0.6 is 15.9 Å². The number of rotatable bonds is 7. The van der Waals surface area contributed by atoms with Crippen molar-refractivity contribution in [3.05, 3.63) is 179 Å². The van der Waals surface area contributed by atoms with Crippen molar-refractivity contribution in [2.75, 3.05) is 0 Å². The molecule has 216 valence electrons. The molecule has 0 saturated heterocycles. The Bertz CT molecular complexity index is 2230. The van der Waals surface area contributed by atoms with E-state index in [1.54, 1.807) is 0 Å². The van der Waals surface area contributed by atoms with Gasteiger partial charge in [-0.1, -0.05) is 144 Å². The molecule has 0 saturated carbocycles. The highest BCUT2D eigenvalue weighted by Crippen LogP contribution is 2.41. The van der Waals surface area contributed by atoms with Crippen LogP contribution in [0.3, 0.4) is 0 Å². The fraction of sp³-hybridized carbons (Fsp3) is 0.0238. The standard InChI is InChI=1S/C42H30BrNO/c1-28(30-14-6-3-7-15-30)24-39(44-29(2)31-16-8-4-9-17-31)36-22-13-23-40-41(36)38-27-35(43)26-37(42(38)45-40)34-21-12-20-33(25-34)32-18-10-5-11-19-32/h3-27H,2H2,1H3/b28-24+,44-39+. The van der Waals surface area contributed by atoms with Gasteiger partial charge < -0.3 is 4.42 Å². The molecule has 0 aliphatic rings. The van der Waals surface area contributed by atoms with E-state index in [4.69, 9.17) is 9.41 Å². The van der Waals surface area contributed by atoms with Gasteiger partial charge in [0.1, 0.15) is 11.2 Å². The number of allylic oxidation sites excluding steroid dienone is 2. The third-order valence-electron chi connectivity index (χ3n) is 8.06. The lowest BCUT2D eigenvalue weighted by atomic mass is 9.95. The second-order valence-electron chi connectivity index (χ2n) is 11.1. The van der Waals surface area contributed by atoms with Crippen LogP contribution < -0.4 is 0 Å². The third-order valence-corrected chi connectivity index (χ3v) is 8.52. The molecule has 0 aliphatic heterocycles. The maximum Gasteiger partial charge on any atom is 0.143 e. The Kier molecular flexibility index (Phi) is 7.85. The van der Waals surface area contributed by atoms with E-state index < -0.39 is 0 Å². The first kappa shape index (κ1) is 28.5. The molecule has 7 rings (SSSR count). The molecule has 1 heterocycles. The zero-order valence-electron chi connectivity index (χ0n) is 24.9. The predicted molar refractivity (Wildman–Crippen MR) is 194 cm³/mol. The van der Waals surface area contributed by atoms with Crippen LogP contribution in [0, 0.1) is 0 Å². The number of furan rings is 1. The summed E-state index contributed by atoms with van der Waals surface area (Å²) in [6, 6.07) is 50.1. The minimum absolute atomic E-state index is 0.701. The molecular formula is C42H30BrNO. The molecule has 0 bridgehead atoms.